The van der Waals surface area contributed by atoms with Gasteiger partial charge in [0.05, 0.1) is 5.52 Å². The van der Waals surface area contributed by atoms with Crippen LogP contribution in [0.4, 0.5) is 5.95 Å². The molecule has 0 bridgehead atoms. The van der Waals surface area contributed by atoms with Crippen molar-refractivity contribution in [3.05, 3.63) is 30.5 Å². The van der Waals surface area contributed by atoms with E-state index in [0.717, 1.165) is 23.4 Å². The van der Waals surface area contributed by atoms with Crippen molar-refractivity contribution < 1.29 is 0 Å². The maximum absolute atomic E-state index is 4.52. The normalized spacial score (nSPS) is 10.9. The average molecular weight is 285 g/mol. The second-order valence-corrected chi connectivity index (χ2v) is 5.65. The fourth-order valence-electron chi connectivity index (χ4n) is 2.52. The van der Waals surface area contributed by atoms with Gasteiger partial charge in [-0.1, -0.05) is 70.1 Å². The number of unbranched alkanes of at least 4 members (excludes halogenated alkanes) is 7. The Kier molecular flexibility index (Phi) is 6.99. The predicted molar refractivity (Wildman–Crippen MR) is 90.6 cm³/mol. The first kappa shape index (κ1) is 15.7. The summed E-state index contributed by atoms with van der Waals surface area (Å²) in [4.78, 5) is 8.87. The van der Waals surface area contributed by atoms with Crippen molar-refractivity contribution in [2.45, 2.75) is 58.3 Å². The largest absolute Gasteiger partial charge is 0.354 e. The molecule has 0 aliphatic heterocycles. The minimum atomic E-state index is 0.747. The Bertz CT molecular complexity index is 525. The summed E-state index contributed by atoms with van der Waals surface area (Å²) in [5.74, 6) is 0.747. The molecule has 0 aliphatic rings. The van der Waals surface area contributed by atoms with Crippen LogP contribution in [0, 0.1) is 0 Å². The lowest BCUT2D eigenvalue weighted by Gasteiger charge is -2.05. The summed E-state index contributed by atoms with van der Waals surface area (Å²) in [6, 6.07) is 8.09. The molecular formula is C18H27N3. The van der Waals surface area contributed by atoms with Crippen LogP contribution in [0.5, 0.6) is 0 Å². The Hall–Kier alpha value is -1.64. The number of hydrogen-bond donors (Lipinski definition) is 1. The Labute approximate surface area is 128 Å². The molecule has 3 nitrogen and oxygen atoms in total. The van der Waals surface area contributed by atoms with Crippen LogP contribution in [-0.4, -0.2) is 16.5 Å². The van der Waals surface area contributed by atoms with Gasteiger partial charge in [0.1, 0.15) is 0 Å². The molecular weight excluding hydrogens is 258 g/mol. The molecule has 0 spiro atoms. The molecule has 114 valence electrons. The standard InChI is InChI=1S/C18H27N3/c1-2-3-4-5-6-7-8-11-14-19-18-20-15-16-12-9-10-13-17(16)21-18/h9-10,12-13,15H,2-8,11,14H2,1H3,(H,19,20,21). The number of rotatable bonds is 10. The number of nitrogens with one attached hydrogen (secondary N) is 1. The van der Waals surface area contributed by atoms with E-state index < -0.39 is 0 Å². The molecule has 3 heteroatoms. The molecule has 21 heavy (non-hydrogen) atoms. The average Bonchev–Trinajstić information content (AvgIpc) is 2.53. The summed E-state index contributed by atoms with van der Waals surface area (Å²) in [5, 5.41) is 4.42. The fourth-order valence-corrected chi connectivity index (χ4v) is 2.52. The summed E-state index contributed by atoms with van der Waals surface area (Å²) >= 11 is 0. The number of hydrogen-bond acceptors (Lipinski definition) is 3. The minimum absolute atomic E-state index is 0.747. The van der Waals surface area contributed by atoms with Crippen LogP contribution < -0.4 is 5.32 Å². The molecule has 0 saturated carbocycles. The van der Waals surface area contributed by atoms with E-state index in [1.807, 2.05) is 30.5 Å². The molecule has 0 radical (unpaired) electrons. The summed E-state index contributed by atoms with van der Waals surface area (Å²) in [7, 11) is 0. The van der Waals surface area contributed by atoms with Crippen LogP contribution in [-0.2, 0) is 0 Å². The molecule has 1 heterocycles. The quantitative estimate of drug-likeness (QED) is 0.611. The Morgan fingerprint density at radius 2 is 1.62 bits per heavy atom. The zero-order chi connectivity index (χ0) is 14.8. The fraction of sp³-hybridized carbons (Fsp3) is 0.556. The highest BCUT2D eigenvalue weighted by Crippen LogP contribution is 2.12. The van der Waals surface area contributed by atoms with Crippen molar-refractivity contribution in [3.63, 3.8) is 0 Å². The van der Waals surface area contributed by atoms with Gasteiger partial charge in [-0.25, -0.2) is 9.97 Å². The van der Waals surface area contributed by atoms with Crippen molar-refractivity contribution in [2.24, 2.45) is 0 Å². The van der Waals surface area contributed by atoms with Gasteiger partial charge in [-0.2, -0.15) is 0 Å². The number of anilines is 1. The topological polar surface area (TPSA) is 37.8 Å². The molecule has 1 aromatic heterocycles. The molecule has 0 saturated heterocycles. The van der Waals surface area contributed by atoms with Crippen molar-refractivity contribution in [2.75, 3.05) is 11.9 Å². The molecule has 0 aliphatic carbocycles. The molecule has 0 unspecified atom stereocenters. The smallest absolute Gasteiger partial charge is 0.223 e. The van der Waals surface area contributed by atoms with E-state index in [2.05, 4.69) is 22.2 Å². The van der Waals surface area contributed by atoms with E-state index in [4.69, 9.17) is 0 Å². The van der Waals surface area contributed by atoms with Crippen LogP contribution in [0.2, 0.25) is 0 Å². The highest BCUT2D eigenvalue weighted by Gasteiger charge is 1.98. The van der Waals surface area contributed by atoms with Crippen molar-refractivity contribution >= 4 is 16.9 Å². The summed E-state index contributed by atoms with van der Waals surface area (Å²) < 4.78 is 0. The van der Waals surface area contributed by atoms with Gasteiger partial charge in [-0.15, -0.1) is 0 Å². The predicted octanol–water partition coefficient (Wildman–Crippen LogP) is 5.18. The SMILES string of the molecule is CCCCCCCCCCNc1ncc2ccccc2n1. The number of aromatic nitrogens is 2. The first-order valence-corrected chi connectivity index (χ1v) is 8.36. The number of nitrogens with zero attached hydrogens (tertiary/aromatic N) is 2. The van der Waals surface area contributed by atoms with Crippen molar-refractivity contribution in [1.82, 2.24) is 9.97 Å². The number of benzene rings is 1. The second kappa shape index (κ2) is 9.32. The third-order valence-electron chi connectivity index (χ3n) is 3.80. The van der Waals surface area contributed by atoms with Gasteiger partial charge < -0.3 is 5.32 Å². The highest BCUT2D eigenvalue weighted by atomic mass is 15.1. The van der Waals surface area contributed by atoms with Crippen molar-refractivity contribution in [3.8, 4) is 0 Å². The Balaban J connectivity index is 1.59. The van der Waals surface area contributed by atoms with Gasteiger partial charge in [-0.05, 0) is 12.5 Å². The lowest BCUT2D eigenvalue weighted by atomic mass is 10.1. The van der Waals surface area contributed by atoms with E-state index in [0.29, 0.717) is 0 Å². The van der Waals surface area contributed by atoms with E-state index in [-0.39, 0.29) is 0 Å². The van der Waals surface area contributed by atoms with Gasteiger partial charge in [0.2, 0.25) is 5.95 Å². The Morgan fingerprint density at radius 1 is 0.905 bits per heavy atom. The molecule has 0 amide bonds. The lowest BCUT2D eigenvalue weighted by molar-refractivity contribution is 0.581. The molecule has 1 N–H and O–H groups in total. The Morgan fingerprint density at radius 3 is 2.43 bits per heavy atom. The molecule has 0 fully saturated rings. The minimum Gasteiger partial charge on any atom is -0.354 e. The maximum Gasteiger partial charge on any atom is 0.223 e. The third kappa shape index (κ3) is 5.70. The lowest BCUT2D eigenvalue weighted by Crippen LogP contribution is -2.05. The monoisotopic (exact) mass is 285 g/mol. The molecule has 1 aromatic carbocycles. The number of fused-ring (bicyclic) bond motifs is 1. The zero-order valence-corrected chi connectivity index (χ0v) is 13.1. The van der Waals surface area contributed by atoms with Gasteiger partial charge in [-0.3, -0.25) is 0 Å². The van der Waals surface area contributed by atoms with E-state index in [9.17, 15) is 0 Å². The summed E-state index contributed by atoms with van der Waals surface area (Å²) in [6.45, 7) is 3.23. The van der Waals surface area contributed by atoms with E-state index in [1.165, 1.54) is 51.4 Å². The first-order valence-electron chi connectivity index (χ1n) is 8.36. The summed E-state index contributed by atoms with van der Waals surface area (Å²) in [5.41, 5.74) is 1.01. The van der Waals surface area contributed by atoms with E-state index in [1.54, 1.807) is 0 Å². The van der Waals surface area contributed by atoms with Crippen LogP contribution in [0.3, 0.4) is 0 Å². The molecule has 2 rings (SSSR count). The zero-order valence-electron chi connectivity index (χ0n) is 13.1. The maximum atomic E-state index is 4.52. The van der Waals surface area contributed by atoms with E-state index >= 15 is 0 Å². The molecule has 2 aromatic rings. The highest BCUT2D eigenvalue weighted by molar-refractivity contribution is 5.78. The summed E-state index contributed by atoms with van der Waals surface area (Å²) in [6.07, 6.45) is 12.6. The number of para-hydroxylation sites is 1. The van der Waals surface area contributed by atoms with Gasteiger partial charge in [0.15, 0.2) is 0 Å². The third-order valence-corrected chi connectivity index (χ3v) is 3.80. The van der Waals surface area contributed by atoms with Gasteiger partial charge in [0.25, 0.3) is 0 Å². The first-order chi connectivity index (χ1) is 10.4. The van der Waals surface area contributed by atoms with Crippen LogP contribution in [0.25, 0.3) is 10.9 Å². The second-order valence-electron chi connectivity index (χ2n) is 5.65. The van der Waals surface area contributed by atoms with Crippen molar-refractivity contribution in [1.29, 1.82) is 0 Å². The van der Waals surface area contributed by atoms with Crippen LogP contribution >= 0.6 is 0 Å². The molecule has 0 atom stereocenters. The van der Waals surface area contributed by atoms with Crippen LogP contribution in [0.15, 0.2) is 30.5 Å². The van der Waals surface area contributed by atoms with Gasteiger partial charge >= 0.3 is 0 Å². The van der Waals surface area contributed by atoms with Gasteiger partial charge in [0, 0.05) is 18.1 Å². The van der Waals surface area contributed by atoms with Crippen LogP contribution in [0.1, 0.15) is 58.3 Å².